The fraction of sp³-hybridized carbons (Fsp3) is 0. The summed E-state index contributed by atoms with van der Waals surface area (Å²) in [5.74, 6) is 0. The van der Waals surface area contributed by atoms with Gasteiger partial charge in [-0.2, -0.15) is 10.5 Å². The summed E-state index contributed by atoms with van der Waals surface area (Å²) in [4.78, 5) is 0. The molecule has 0 spiro atoms. The third-order valence-corrected chi connectivity index (χ3v) is 8.45. The van der Waals surface area contributed by atoms with Crippen LogP contribution >= 0.6 is 0 Å². The van der Waals surface area contributed by atoms with Gasteiger partial charge in [0, 0.05) is 32.3 Å². The molecule has 0 amide bonds. The molecule has 3 aromatic heterocycles. The van der Waals surface area contributed by atoms with Gasteiger partial charge in [0.1, 0.15) is 17.2 Å². The summed E-state index contributed by atoms with van der Waals surface area (Å²) in [5, 5.41) is 26.0. The standard InChI is InChI=1S/C38H19N3O2/c39-20-22-12-14-27-26-6-1-3-9-32(26)41(34(27)16-22)33-10-5-8-29-31-19-24(17-25(21-40)37(31)43-38(29)33)23-13-15-36-30(18-23)28-7-2-4-11-35(28)42-36/h1-19H. The molecule has 0 atom stereocenters. The van der Waals surface area contributed by atoms with Crippen molar-refractivity contribution in [3.63, 3.8) is 0 Å². The number of hydrogen-bond acceptors (Lipinski definition) is 4. The molecule has 0 aliphatic rings. The van der Waals surface area contributed by atoms with Gasteiger partial charge < -0.3 is 13.4 Å². The quantitative estimate of drug-likeness (QED) is 0.215. The number of fused-ring (bicyclic) bond motifs is 9. The Bertz CT molecular complexity index is 2710. The predicted octanol–water partition coefficient (Wildman–Crippen LogP) is 9.99. The Morgan fingerprint density at radius 1 is 0.488 bits per heavy atom. The molecule has 0 radical (unpaired) electrons. The minimum absolute atomic E-state index is 0.473. The Hall–Kier alpha value is -6.30. The number of furan rings is 2. The number of aromatic nitrogens is 1. The summed E-state index contributed by atoms with van der Waals surface area (Å²) in [6.45, 7) is 0. The summed E-state index contributed by atoms with van der Waals surface area (Å²) in [6.07, 6.45) is 0. The lowest BCUT2D eigenvalue weighted by molar-refractivity contribution is 0.665. The zero-order chi connectivity index (χ0) is 28.7. The summed E-state index contributed by atoms with van der Waals surface area (Å²) in [5.41, 5.74) is 8.71. The van der Waals surface area contributed by atoms with E-state index in [4.69, 9.17) is 8.83 Å². The van der Waals surface area contributed by atoms with E-state index in [1.165, 1.54) is 0 Å². The third-order valence-electron chi connectivity index (χ3n) is 8.45. The van der Waals surface area contributed by atoms with Gasteiger partial charge in [0.25, 0.3) is 0 Å². The van der Waals surface area contributed by atoms with E-state index in [1.54, 1.807) is 0 Å². The lowest BCUT2D eigenvalue weighted by Crippen LogP contribution is -1.94. The third kappa shape index (κ3) is 3.25. The maximum Gasteiger partial charge on any atom is 0.159 e. The molecular weight excluding hydrogens is 530 g/mol. The van der Waals surface area contributed by atoms with Crippen LogP contribution in [0, 0.1) is 22.7 Å². The molecule has 0 unspecified atom stereocenters. The smallest absolute Gasteiger partial charge is 0.159 e. The van der Waals surface area contributed by atoms with Crippen LogP contribution in [0.25, 0.3) is 82.5 Å². The fourth-order valence-corrected chi connectivity index (χ4v) is 6.52. The lowest BCUT2D eigenvalue weighted by Gasteiger charge is -2.08. The summed E-state index contributed by atoms with van der Waals surface area (Å²) < 4.78 is 14.8. The lowest BCUT2D eigenvalue weighted by atomic mass is 9.98. The van der Waals surface area contributed by atoms with Gasteiger partial charge in [0.05, 0.1) is 33.9 Å². The first kappa shape index (κ1) is 23.4. The van der Waals surface area contributed by atoms with Crippen LogP contribution in [0.5, 0.6) is 0 Å². The number of hydrogen-bond donors (Lipinski definition) is 0. The average Bonchev–Trinajstić information content (AvgIpc) is 3.73. The Labute approximate surface area is 244 Å². The molecule has 9 aromatic rings. The maximum absolute atomic E-state index is 10.2. The molecule has 6 aromatic carbocycles. The Morgan fingerprint density at radius 2 is 1.26 bits per heavy atom. The molecule has 198 valence electrons. The van der Waals surface area contributed by atoms with Gasteiger partial charge >= 0.3 is 0 Å². The molecule has 0 aliphatic heterocycles. The van der Waals surface area contributed by atoms with Gasteiger partial charge in [-0.25, -0.2) is 0 Å². The predicted molar refractivity (Wildman–Crippen MR) is 170 cm³/mol. The molecule has 3 heterocycles. The highest BCUT2D eigenvalue weighted by molar-refractivity contribution is 6.14. The van der Waals surface area contributed by atoms with Crippen molar-refractivity contribution in [2.24, 2.45) is 0 Å². The fourth-order valence-electron chi connectivity index (χ4n) is 6.52. The molecule has 43 heavy (non-hydrogen) atoms. The minimum Gasteiger partial charge on any atom is -0.456 e. The molecule has 5 nitrogen and oxygen atoms in total. The number of benzene rings is 6. The van der Waals surface area contributed by atoms with Gasteiger partial charge in [-0.05, 0) is 65.7 Å². The topological polar surface area (TPSA) is 78.8 Å². The van der Waals surface area contributed by atoms with Crippen LogP contribution in [0.1, 0.15) is 11.1 Å². The second kappa shape index (κ2) is 8.60. The van der Waals surface area contributed by atoms with Crippen molar-refractivity contribution in [1.29, 1.82) is 10.5 Å². The monoisotopic (exact) mass is 549 g/mol. The van der Waals surface area contributed by atoms with E-state index in [-0.39, 0.29) is 0 Å². The number of nitrogens with zero attached hydrogens (tertiary/aromatic N) is 3. The Balaban J connectivity index is 1.32. The van der Waals surface area contributed by atoms with Gasteiger partial charge in [0.15, 0.2) is 11.2 Å². The van der Waals surface area contributed by atoms with Crippen molar-refractivity contribution >= 4 is 65.7 Å². The SMILES string of the molecule is N#Cc1ccc2c3ccccc3n(-c3cccc4c3oc3c(C#N)cc(-c5ccc6oc7ccccc7c6c5)cc34)c2c1. The Morgan fingerprint density at radius 3 is 2.14 bits per heavy atom. The minimum atomic E-state index is 0.473. The average molecular weight is 550 g/mol. The van der Waals surface area contributed by atoms with Crippen LogP contribution in [0.4, 0.5) is 0 Å². The molecule has 0 saturated heterocycles. The molecule has 0 saturated carbocycles. The number of nitriles is 2. The van der Waals surface area contributed by atoms with E-state index in [0.717, 1.165) is 71.3 Å². The zero-order valence-corrected chi connectivity index (χ0v) is 22.6. The van der Waals surface area contributed by atoms with E-state index in [9.17, 15) is 10.5 Å². The van der Waals surface area contributed by atoms with Crippen LogP contribution in [-0.2, 0) is 0 Å². The van der Waals surface area contributed by atoms with Gasteiger partial charge in [0.2, 0.25) is 0 Å². The molecule has 9 rings (SSSR count). The molecule has 0 aliphatic carbocycles. The second-order valence-electron chi connectivity index (χ2n) is 10.8. The summed E-state index contributed by atoms with van der Waals surface area (Å²) in [6, 6.07) is 42.9. The van der Waals surface area contributed by atoms with Crippen LogP contribution in [0.15, 0.2) is 124 Å². The summed E-state index contributed by atoms with van der Waals surface area (Å²) in [7, 11) is 0. The van der Waals surface area contributed by atoms with Crippen molar-refractivity contribution in [1.82, 2.24) is 4.57 Å². The van der Waals surface area contributed by atoms with Crippen LogP contribution in [0.2, 0.25) is 0 Å². The first-order valence-electron chi connectivity index (χ1n) is 14.0. The highest BCUT2D eigenvalue weighted by Crippen LogP contribution is 2.41. The largest absolute Gasteiger partial charge is 0.456 e. The van der Waals surface area contributed by atoms with E-state index in [2.05, 4.69) is 47.0 Å². The zero-order valence-electron chi connectivity index (χ0n) is 22.6. The number of rotatable bonds is 2. The van der Waals surface area contributed by atoms with Crippen molar-refractivity contribution in [3.8, 4) is 29.0 Å². The van der Waals surface area contributed by atoms with Crippen molar-refractivity contribution < 1.29 is 8.83 Å². The van der Waals surface area contributed by atoms with Crippen LogP contribution < -0.4 is 0 Å². The van der Waals surface area contributed by atoms with Crippen LogP contribution in [-0.4, -0.2) is 4.57 Å². The van der Waals surface area contributed by atoms with Crippen molar-refractivity contribution in [2.75, 3.05) is 0 Å². The second-order valence-corrected chi connectivity index (χ2v) is 10.8. The maximum atomic E-state index is 10.2. The van der Waals surface area contributed by atoms with Gasteiger partial charge in [-0.3, -0.25) is 0 Å². The molecule has 0 bridgehead atoms. The van der Waals surface area contributed by atoms with E-state index in [0.29, 0.717) is 22.3 Å². The van der Waals surface area contributed by atoms with Gasteiger partial charge in [-0.15, -0.1) is 0 Å². The first-order chi connectivity index (χ1) is 21.2. The van der Waals surface area contributed by atoms with E-state index < -0.39 is 0 Å². The Kier molecular flexibility index (Phi) is 4.68. The first-order valence-corrected chi connectivity index (χ1v) is 14.0. The van der Waals surface area contributed by atoms with Gasteiger partial charge in [-0.1, -0.05) is 60.7 Å². The van der Waals surface area contributed by atoms with E-state index in [1.807, 2.05) is 84.9 Å². The van der Waals surface area contributed by atoms with Crippen molar-refractivity contribution in [3.05, 3.63) is 126 Å². The normalized spacial score (nSPS) is 11.7. The highest BCUT2D eigenvalue weighted by Gasteiger charge is 2.20. The molecular formula is C38H19N3O2. The molecule has 0 fully saturated rings. The highest BCUT2D eigenvalue weighted by atomic mass is 16.3. The molecule has 0 N–H and O–H groups in total. The number of para-hydroxylation sites is 3. The van der Waals surface area contributed by atoms with Crippen LogP contribution in [0.3, 0.4) is 0 Å². The van der Waals surface area contributed by atoms with E-state index >= 15 is 0 Å². The molecule has 5 heteroatoms. The van der Waals surface area contributed by atoms with Crippen molar-refractivity contribution in [2.45, 2.75) is 0 Å². The summed E-state index contributed by atoms with van der Waals surface area (Å²) >= 11 is 0.